The van der Waals surface area contributed by atoms with Crippen LogP contribution in [0.2, 0.25) is 5.02 Å². The zero-order valence-corrected chi connectivity index (χ0v) is 12.2. The molecule has 4 heteroatoms. The molecule has 1 aliphatic heterocycles. The van der Waals surface area contributed by atoms with E-state index in [1.165, 1.54) is 0 Å². The van der Waals surface area contributed by atoms with Crippen LogP contribution < -0.4 is 10.4 Å². The van der Waals surface area contributed by atoms with Crippen molar-refractivity contribution < 1.29 is 4.79 Å². The highest BCUT2D eigenvalue weighted by Gasteiger charge is 2.29. The van der Waals surface area contributed by atoms with E-state index in [-0.39, 0.29) is 5.91 Å². The van der Waals surface area contributed by atoms with Crippen LogP contribution in [0.15, 0.2) is 36.4 Å². The number of amides is 1. The van der Waals surface area contributed by atoms with Crippen molar-refractivity contribution in [3.8, 4) is 0 Å². The summed E-state index contributed by atoms with van der Waals surface area (Å²) in [4.78, 5) is 12.2. The van der Waals surface area contributed by atoms with Gasteiger partial charge in [-0.05, 0) is 48.7 Å². The van der Waals surface area contributed by atoms with Crippen molar-refractivity contribution in [3.05, 3.63) is 58.1 Å². The van der Waals surface area contributed by atoms with Crippen molar-refractivity contribution >= 4 is 28.9 Å². The number of hydrogen-bond acceptors (Lipinski definition) is 2. The first-order chi connectivity index (χ1) is 9.56. The van der Waals surface area contributed by atoms with E-state index in [2.05, 4.69) is 5.43 Å². The third-order valence-corrected chi connectivity index (χ3v) is 3.79. The molecule has 1 heterocycles. The van der Waals surface area contributed by atoms with Crippen molar-refractivity contribution in [1.29, 1.82) is 0 Å². The topological polar surface area (TPSA) is 32.3 Å². The van der Waals surface area contributed by atoms with Crippen molar-refractivity contribution in [3.63, 3.8) is 0 Å². The van der Waals surface area contributed by atoms with Gasteiger partial charge in [0.05, 0.1) is 17.8 Å². The number of aryl methyl sites for hydroxylation is 2. The SMILES string of the molecule is Cc1cc(Cl)ccc1NN1C(=O)Cc2cccc(C)c21. The Bertz CT molecular complexity index is 697. The van der Waals surface area contributed by atoms with Crippen molar-refractivity contribution in [2.45, 2.75) is 20.3 Å². The minimum absolute atomic E-state index is 0.0589. The number of nitrogens with one attached hydrogen (secondary N) is 1. The van der Waals surface area contributed by atoms with Gasteiger partial charge in [-0.25, -0.2) is 5.01 Å². The standard InChI is InChI=1S/C16H15ClN2O/c1-10-4-3-5-12-9-15(20)19(16(10)12)18-14-7-6-13(17)8-11(14)2/h3-8,18H,9H2,1-2H3. The number of para-hydroxylation sites is 1. The summed E-state index contributed by atoms with van der Waals surface area (Å²) in [6.45, 7) is 3.98. The molecule has 0 radical (unpaired) electrons. The molecule has 0 spiro atoms. The van der Waals surface area contributed by atoms with Gasteiger partial charge < -0.3 is 0 Å². The van der Waals surface area contributed by atoms with Gasteiger partial charge in [0.15, 0.2) is 0 Å². The molecule has 3 nitrogen and oxygen atoms in total. The van der Waals surface area contributed by atoms with E-state index in [1.807, 2.05) is 50.2 Å². The van der Waals surface area contributed by atoms with Gasteiger partial charge in [-0.1, -0.05) is 29.8 Å². The maximum atomic E-state index is 12.2. The maximum Gasteiger partial charge on any atom is 0.250 e. The Morgan fingerprint density at radius 1 is 1.15 bits per heavy atom. The normalized spacial score (nSPS) is 13.6. The Morgan fingerprint density at radius 3 is 2.70 bits per heavy atom. The molecule has 0 saturated heterocycles. The predicted octanol–water partition coefficient (Wildman–Crippen LogP) is 3.87. The lowest BCUT2D eigenvalue weighted by atomic mass is 10.1. The van der Waals surface area contributed by atoms with Crippen LogP contribution in [0.4, 0.5) is 11.4 Å². The van der Waals surface area contributed by atoms with E-state index < -0.39 is 0 Å². The van der Waals surface area contributed by atoms with Gasteiger partial charge in [0.2, 0.25) is 5.91 Å². The first-order valence-corrected chi connectivity index (χ1v) is 6.88. The summed E-state index contributed by atoms with van der Waals surface area (Å²) in [6.07, 6.45) is 0.441. The van der Waals surface area contributed by atoms with E-state index in [9.17, 15) is 4.79 Å². The third-order valence-electron chi connectivity index (χ3n) is 3.56. The van der Waals surface area contributed by atoms with E-state index in [0.717, 1.165) is 28.1 Å². The van der Waals surface area contributed by atoms with Crippen molar-refractivity contribution in [2.75, 3.05) is 10.4 Å². The molecule has 20 heavy (non-hydrogen) atoms. The summed E-state index contributed by atoms with van der Waals surface area (Å²) >= 11 is 5.96. The number of hydrogen-bond donors (Lipinski definition) is 1. The quantitative estimate of drug-likeness (QED) is 0.909. The van der Waals surface area contributed by atoms with Gasteiger partial charge >= 0.3 is 0 Å². The molecule has 0 atom stereocenters. The minimum Gasteiger partial charge on any atom is -0.291 e. The molecule has 2 aromatic rings. The Labute approximate surface area is 123 Å². The summed E-state index contributed by atoms with van der Waals surface area (Å²) in [6, 6.07) is 11.6. The number of rotatable bonds is 2. The Morgan fingerprint density at radius 2 is 1.95 bits per heavy atom. The molecule has 1 aliphatic rings. The van der Waals surface area contributed by atoms with Crippen molar-refractivity contribution in [1.82, 2.24) is 0 Å². The van der Waals surface area contributed by atoms with E-state index in [1.54, 1.807) is 5.01 Å². The number of anilines is 2. The van der Waals surface area contributed by atoms with E-state index in [4.69, 9.17) is 11.6 Å². The largest absolute Gasteiger partial charge is 0.291 e. The summed E-state index contributed by atoms with van der Waals surface area (Å²) in [5.41, 5.74) is 8.22. The summed E-state index contributed by atoms with van der Waals surface area (Å²) in [5.74, 6) is 0.0589. The minimum atomic E-state index is 0.0589. The van der Waals surface area contributed by atoms with Crippen LogP contribution in [-0.2, 0) is 11.2 Å². The van der Waals surface area contributed by atoms with Crippen LogP contribution in [0, 0.1) is 13.8 Å². The van der Waals surface area contributed by atoms with Crippen LogP contribution >= 0.6 is 11.6 Å². The second-order valence-electron chi connectivity index (χ2n) is 5.06. The monoisotopic (exact) mass is 286 g/mol. The Balaban J connectivity index is 1.98. The van der Waals surface area contributed by atoms with E-state index >= 15 is 0 Å². The fourth-order valence-electron chi connectivity index (χ4n) is 2.54. The first-order valence-electron chi connectivity index (χ1n) is 6.50. The molecule has 1 N–H and O–H groups in total. The van der Waals surface area contributed by atoms with Crippen LogP contribution in [0.25, 0.3) is 0 Å². The molecule has 1 amide bonds. The number of nitrogens with zero attached hydrogens (tertiary/aromatic N) is 1. The second kappa shape index (κ2) is 4.84. The molecule has 0 aromatic heterocycles. The van der Waals surface area contributed by atoms with Crippen molar-refractivity contribution in [2.24, 2.45) is 0 Å². The lowest BCUT2D eigenvalue weighted by Gasteiger charge is -2.22. The zero-order valence-electron chi connectivity index (χ0n) is 11.4. The van der Waals surface area contributed by atoms with Gasteiger partial charge in [0, 0.05) is 5.02 Å². The molecular weight excluding hydrogens is 272 g/mol. The molecule has 0 fully saturated rings. The maximum absolute atomic E-state index is 12.2. The predicted molar refractivity (Wildman–Crippen MR) is 82.2 cm³/mol. The van der Waals surface area contributed by atoms with Crippen LogP contribution in [-0.4, -0.2) is 5.91 Å². The second-order valence-corrected chi connectivity index (χ2v) is 5.50. The highest BCUT2D eigenvalue weighted by molar-refractivity contribution is 6.30. The molecule has 2 aromatic carbocycles. The van der Waals surface area contributed by atoms with Gasteiger partial charge in [-0.15, -0.1) is 0 Å². The van der Waals surface area contributed by atoms with Crippen LogP contribution in [0.1, 0.15) is 16.7 Å². The lowest BCUT2D eigenvalue weighted by Crippen LogP contribution is -2.33. The molecule has 0 saturated carbocycles. The molecule has 102 valence electrons. The number of carbonyl (C=O) groups excluding carboxylic acids is 1. The molecule has 0 bridgehead atoms. The summed E-state index contributed by atoms with van der Waals surface area (Å²) in [7, 11) is 0. The zero-order chi connectivity index (χ0) is 14.3. The number of fused-ring (bicyclic) bond motifs is 1. The fraction of sp³-hybridized carbons (Fsp3) is 0.188. The van der Waals surface area contributed by atoms with Gasteiger partial charge in [0.1, 0.15) is 0 Å². The summed E-state index contributed by atoms with van der Waals surface area (Å²) < 4.78 is 0. The molecule has 3 rings (SSSR count). The first kappa shape index (κ1) is 13.0. The number of halogens is 1. The average Bonchev–Trinajstić information content (AvgIpc) is 2.70. The summed E-state index contributed by atoms with van der Waals surface area (Å²) in [5, 5.41) is 2.33. The van der Waals surface area contributed by atoms with Gasteiger partial charge in [0.25, 0.3) is 0 Å². The fourth-order valence-corrected chi connectivity index (χ4v) is 2.77. The highest BCUT2D eigenvalue weighted by atomic mass is 35.5. The van der Waals surface area contributed by atoms with Gasteiger partial charge in [-0.2, -0.15) is 0 Å². The Hall–Kier alpha value is -2.00. The number of hydrazine groups is 1. The van der Waals surface area contributed by atoms with Crippen LogP contribution in [0.3, 0.4) is 0 Å². The smallest absolute Gasteiger partial charge is 0.250 e. The Kier molecular flexibility index (Phi) is 3.14. The lowest BCUT2D eigenvalue weighted by molar-refractivity contribution is -0.117. The average molecular weight is 287 g/mol. The number of benzene rings is 2. The van der Waals surface area contributed by atoms with Crippen LogP contribution in [0.5, 0.6) is 0 Å². The van der Waals surface area contributed by atoms with Gasteiger partial charge in [-0.3, -0.25) is 10.2 Å². The highest BCUT2D eigenvalue weighted by Crippen LogP contribution is 2.33. The number of carbonyl (C=O) groups is 1. The van der Waals surface area contributed by atoms with E-state index in [0.29, 0.717) is 11.4 Å². The molecule has 0 aliphatic carbocycles. The molecular formula is C16H15ClN2O. The molecule has 0 unspecified atom stereocenters. The third kappa shape index (κ3) is 2.14.